The van der Waals surface area contributed by atoms with Crippen molar-refractivity contribution in [2.45, 2.75) is 32.7 Å². The quantitative estimate of drug-likeness (QED) is 0.444. The highest BCUT2D eigenvalue weighted by atomic mass is 35.5. The minimum Gasteiger partial charge on any atom is -0.447 e. The van der Waals surface area contributed by atoms with Crippen molar-refractivity contribution in [2.24, 2.45) is 0 Å². The van der Waals surface area contributed by atoms with E-state index in [0.717, 1.165) is 12.0 Å². The van der Waals surface area contributed by atoms with Gasteiger partial charge in [0.2, 0.25) is 0 Å². The summed E-state index contributed by atoms with van der Waals surface area (Å²) in [6.07, 6.45) is 1.58. The molecule has 0 saturated heterocycles. The summed E-state index contributed by atoms with van der Waals surface area (Å²) in [6.45, 7) is 3.15. The first-order valence-electron chi connectivity index (χ1n) is 10.4. The number of benzene rings is 2. The number of unbranched alkanes of at least 4 members (excludes halogenated alkanes) is 1. The molecule has 0 saturated carbocycles. The van der Waals surface area contributed by atoms with E-state index in [1.54, 1.807) is 11.0 Å². The molecular weight excluding hydrogens is 418 g/mol. The Morgan fingerprint density at radius 1 is 1.06 bits per heavy atom. The number of hydrogen-bond acceptors (Lipinski definition) is 4. The molecule has 0 aliphatic carbocycles. The van der Waals surface area contributed by atoms with Crippen molar-refractivity contribution in [3.05, 3.63) is 64.7 Å². The maximum Gasteiger partial charge on any atom is 0.411 e. The highest BCUT2D eigenvalue weighted by Gasteiger charge is 2.14. The fourth-order valence-corrected chi connectivity index (χ4v) is 3.08. The maximum absolute atomic E-state index is 12.6. The standard InChI is InChI=1S/C23H30ClN3O4/c1-2-18-9-11-20(12-10-18)26-23(30)31-16-14-27(13-5-6-15-28)22(29)25-17-19-7-3-4-8-21(19)24/h3-4,7-12,28H,2,5-6,13-17H2,1H3,(H,25,29)(H,26,30). The van der Waals surface area contributed by atoms with Crippen LogP contribution in [-0.4, -0.2) is 48.4 Å². The van der Waals surface area contributed by atoms with E-state index in [1.807, 2.05) is 42.5 Å². The van der Waals surface area contributed by atoms with Gasteiger partial charge in [0.15, 0.2) is 0 Å². The SMILES string of the molecule is CCc1ccc(NC(=O)OCCN(CCCCO)C(=O)NCc2ccccc2Cl)cc1. The Morgan fingerprint density at radius 3 is 2.48 bits per heavy atom. The second-order valence-electron chi connectivity index (χ2n) is 6.98. The molecule has 0 aliphatic heterocycles. The highest BCUT2D eigenvalue weighted by Crippen LogP contribution is 2.14. The van der Waals surface area contributed by atoms with E-state index in [4.69, 9.17) is 21.4 Å². The number of nitrogens with one attached hydrogen (secondary N) is 2. The van der Waals surface area contributed by atoms with E-state index >= 15 is 0 Å². The molecule has 2 aromatic carbocycles. The van der Waals surface area contributed by atoms with Gasteiger partial charge in [-0.1, -0.05) is 48.9 Å². The van der Waals surface area contributed by atoms with Crippen molar-refractivity contribution in [3.63, 3.8) is 0 Å². The van der Waals surface area contributed by atoms with Crippen LogP contribution >= 0.6 is 11.6 Å². The summed E-state index contributed by atoms with van der Waals surface area (Å²) in [5.74, 6) is 0. The minimum absolute atomic E-state index is 0.0531. The van der Waals surface area contributed by atoms with Gasteiger partial charge in [-0.3, -0.25) is 5.32 Å². The van der Waals surface area contributed by atoms with Crippen LogP contribution in [0.15, 0.2) is 48.5 Å². The van der Waals surface area contributed by atoms with Crippen LogP contribution in [-0.2, 0) is 17.7 Å². The number of aliphatic hydroxyl groups excluding tert-OH is 1. The van der Waals surface area contributed by atoms with Gasteiger partial charge in [0.05, 0.1) is 6.54 Å². The molecule has 0 bridgehead atoms. The predicted octanol–water partition coefficient (Wildman–Crippen LogP) is 4.44. The molecule has 0 fully saturated rings. The van der Waals surface area contributed by atoms with Crippen molar-refractivity contribution >= 4 is 29.4 Å². The lowest BCUT2D eigenvalue weighted by atomic mass is 10.1. The number of rotatable bonds is 11. The monoisotopic (exact) mass is 447 g/mol. The second-order valence-corrected chi connectivity index (χ2v) is 7.39. The smallest absolute Gasteiger partial charge is 0.411 e. The number of aryl methyl sites for hydroxylation is 1. The maximum atomic E-state index is 12.6. The molecule has 3 N–H and O–H groups in total. The summed E-state index contributed by atoms with van der Waals surface area (Å²) in [5, 5.41) is 15.1. The Morgan fingerprint density at radius 2 is 1.81 bits per heavy atom. The van der Waals surface area contributed by atoms with Crippen molar-refractivity contribution in [1.29, 1.82) is 0 Å². The van der Waals surface area contributed by atoms with E-state index in [2.05, 4.69) is 17.6 Å². The van der Waals surface area contributed by atoms with Crippen LogP contribution in [0.5, 0.6) is 0 Å². The molecule has 31 heavy (non-hydrogen) atoms. The van der Waals surface area contributed by atoms with Gasteiger partial charge in [-0.15, -0.1) is 0 Å². The van der Waals surface area contributed by atoms with E-state index in [0.29, 0.717) is 36.6 Å². The third kappa shape index (κ3) is 8.86. The van der Waals surface area contributed by atoms with E-state index in [-0.39, 0.29) is 25.8 Å². The summed E-state index contributed by atoms with van der Waals surface area (Å²) < 4.78 is 5.23. The lowest BCUT2D eigenvalue weighted by Gasteiger charge is -2.23. The van der Waals surface area contributed by atoms with Crippen LogP contribution in [0.4, 0.5) is 15.3 Å². The van der Waals surface area contributed by atoms with E-state index in [9.17, 15) is 9.59 Å². The van der Waals surface area contributed by atoms with Crippen LogP contribution in [0.2, 0.25) is 5.02 Å². The van der Waals surface area contributed by atoms with Crippen molar-refractivity contribution in [1.82, 2.24) is 10.2 Å². The van der Waals surface area contributed by atoms with Gasteiger partial charge in [0.25, 0.3) is 0 Å². The predicted molar refractivity (Wildman–Crippen MR) is 122 cm³/mol. The lowest BCUT2D eigenvalue weighted by molar-refractivity contribution is 0.139. The molecule has 0 unspecified atom stereocenters. The topological polar surface area (TPSA) is 90.9 Å². The largest absolute Gasteiger partial charge is 0.447 e. The third-order valence-corrected chi connectivity index (χ3v) is 5.08. The Bertz CT molecular complexity index is 830. The van der Waals surface area contributed by atoms with Gasteiger partial charge in [-0.25, -0.2) is 9.59 Å². The normalized spacial score (nSPS) is 10.4. The molecule has 8 heteroatoms. The van der Waals surface area contributed by atoms with Crippen molar-refractivity contribution < 1.29 is 19.4 Å². The zero-order valence-corrected chi connectivity index (χ0v) is 18.5. The summed E-state index contributed by atoms with van der Waals surface area (Å²) >= 11 is 6.13. The number of ether oxygens (including phenoxy) is 1. The summed E-state index contributed by atoms with van der Waals surface area (Å²) in [6, 6.07) is 14.6. The Kier molecular flexibility index (Phi) is 10.7. The minimum atomic E-state index is -0.573. The molecule has 0 heterocycles. The first kappa shape index (κ1) is 24.5. The number of aliphatic hydroxyl groups is 1. The van der Waals surface area contributed by atoms with E-state index in [1.165, 1.54) is 5.56 Å². The van der Waals surface area contributed by atoms with Crippen LogP contribution in [0.3, 0.4) is 0 Å². The number of anilines is 1. The van der Waals surface area contributed by atoms with Gasteiger partial charge < -0.3 is 20.1 Å². The molecular formula is C23H30ClN3O4. The Balaban J connectivity index is 1.82. The van der Waals surface area contributed by atoms with Crippen LogP contribution in [0.1, 0.15) is 30.9 Å². The van der Waals surface area contributed by atoms with Gasteiger partial charge in [-0.2, -0.15) is 0 Å². The molecule has 0 aromatic heterocycles. The summed E-state index contributed by atoms with van der Waals surface area (Å²) in [4.78, 5) is 26.2. The number of amides is 3. The third-order valence-electron chi connectivity index (χ3n) is 4.71. The molecule has 3 amide bonds. The highest BCUT2D eigenvalue weighted by molar-refractivity contribution is 6.31. The fourth-order valence-electron chi connectivity index (χ4n) is 2.88. The molecule has 7 nitrogen and oxygen atoms in total. The summed E-state index contributed by atoms with van der Waals surface area (Å²) in [5.41, 5.74) is 2.65. The Labute approximate surface area is 188 Å². The fraction of sp³-hybridized carbons (Fsp3) is 0.391. The van der Waals surface area contributed by atoms with Crippen LogP contribution in [0, 0.1) is 0 Å². The molecule has 2 aromatic rings. The van der Waals surface area contributed by atoms with Crippen LogP contribution in [0.25, 0.3) is 0 Å². The molecule has 0 aliphatic rings. The average molecular weight is 448 g/mol. The zero-order valence-electron chi connectivity index (χ0n) is 17.8. The first-order chi connectivity index (χ1) is 15.0. The van der Waals surface area contributed by atoms with Gasteiger partial charge in [-0.05, 0) is 48.6 Å². The molecule has 0 spiro atoms. The molecule has 0 radical (unpaired) electrons. The van der Waals surface area contributed by atoms with Gasteiger partial charge in [0.1, 0.15) is 6.61 Å². The summed E-state index contributed by atoms with van der Waals surface area (Å²) in [7, 11) is 0. The van der Waals surface area contributed by atoms with Gasteiger partial charge in [0, 0.05) is 30.4 Å². The number of halogens is 1. The lowest BCUT2D eigenvalue weighted by Crippen LogP contribution is -2.42. The number of urea groups is 1. The molecule has 2 rings (SSSR count). The van der Waals surface area contributed by atoms with Gasteiger partial charge >= 0.3 is 12.1 Å². The zero-order chi connectivity index (χ0) is 22.5. The van der Waals surface area contributed by atoms with E-state index < -0.39 is 6.09 Å². The molecule has 168 valence electrons. The van der Waals surface area contributed by atoms with Crippen molar-refractivity contribution in [3.8, 4) is 0 Å². The average Bonchev–Trinajstić information content (AvgIpc) is 2.78. The Hall–Kier alpha value is -2.77. The van der Waals surface area contributed by atoms with Crippen molar-refractivity contribution in [2.75, 3.05) is 31.6 Å². The first-order valence-corrected chi connectivity index (χ1v) is 10.8. The number of carbonyl (C=O) groups is 2. The number of nitrogens with zero attached hydrogens (tertiary/aromatic N) is 1. The molecule has 0 atom stereocenters. The second kappa shape index (κ2) is 13.5. The van der Waals surface area contributed by atoms with Crippen LogP contribution < -0.4 is 10.6 Å². The number of carbonyl (C=O) groups excluding carboxylic acids is 2. The number of hydrogen-bond donors (Lipinski definition) is 3.